The number of aliphatic hydroxyl groups is 2. The number of amides is 2. The molecule has 20 atom stereocenters. The summed E-state index contributed by atoms with van der Waals surface area (Å²) in [6.45, 7) is -4.09. The molecule has 101 heavy (non-hydrogen) atoms. The van der Waals surface area contributed by atoms with Crippen molar-refractivity contribution >= 4 is 73.2 Å². The molecule has 38 nitrogen and oxygen atoms in total. The van der Waals surface area contributed by atoms with Crippen LogP contribution in [0.2, 0.25) is 0 Å². The van der Waals surface area contributed by atoms with E-state index in [1.807, 2.05) is 6.92 Å². The molecule has 8 heterocycles. The molecular formula is C54H86N10Na3O28P3S3. The van der Waals surface area contributed by atoms with Crippen LogP contribution in [0.5, 0.6) is 0 Å². The third kappa shape index (κ3) is 25.6. The molecule has 4 fully saturated rings. The molecule has 3 aromatic heterocycles. The molecule has 9 N–H and O–H groups in total. The van der Waals surface area contributed by atoms with Crippen molar-refractivity contribution in [3.05, 3.63) is 88.9 Å². The Morgan fingerprint density at radius 2 is 0.980 bits per heavy atom. The van der Waals surface area contributed by atoms with Crippen molar-refractivity contribution in [2.75, 3.05) is 113 Å². The fraction of sp³-hybridized carbons (Fsp3) is 0.722. The number of H-pyrrole nitrogens is 1. The number of aromatic nitrogens is 6. The predicted molar refractivity (Wildman–Crippen MR) is 349 cm³/mol. The van der Waals surface area contributed by atoms with Crippen molar-refractivity contribution in [3.63, 3.8) is 0 Å². The smallest absolute Gasteiger partial charge is 0.780 e. The van der Waals surface area contributed by atoms with Gasteiger partial charge < -0.3 is 126 Å². The summed E-state index contributed by atoms with van der Waals surface area (Å²) in [7, 11) is 5.89. The summed E-state index contributed by atoms with van der Waals surface area (Å²) >= 11 is 14.9. The minimum absolute atomic E-state index is 0. The van der Waals surface area contributed by atoms with Gasteiger partial charge in [0, 0.05) is 75.8 Å². The normalized spacial score (nSPS) is 29.5. The van der Waals surface area contributed by atoms with Gasteiger partial charge in [-0.15, -0.1) is 0 Å². The molecule has 4 saturated heterocycles. The first-order valence-corrected chi connectivity index (χ1v) is 37.6. The van der Waals surface area contributed by atoms with Gasteiger partial charge >= 0.3 is 112 Å². The van der Waals surface area contributed by atoms with Crippen LogP contribution in [0.1, 0.15) is 63.6 Å². The van der Waals surface area contributed by atoms with Gasteiger partial charge in [-0.1, -0.05) is 49.8 Å². The number of ether oxygens (including phenoxy) is 12. The first-order valence-electron chi connectivity index (χ1n) is 29.9. The number of aromatic amines is 1. The second-order valence-corrected chi connectivity index (χ2v) is 30.6. The standard InChI is InChI=1S/C27H43N6O11PS.C26H42N4O17P2S2.CH4.3Na/c1-14-11-32(26(34)30-22(14)28)24-19(39-9-7-37-5)16(3)18(43-24)13-41-45(36,46)44-20-17(4)42-25(21(20)40-10-8-38-6)33-12-15(2)23(29)31-27(33)35;1-13-9-29(25(34)27-21(13)32)23-19(41-7-5-39-3)17(31)15(45-23)11-44-49(38,51)47-18-16(12-43-48(36,37)50)46-24(20(18)42-8-6-40-4)30-10-14(2)22(33)28-26(30)35;;;;/h11-12,16-21,24-25H,7-10,13H2,1-6H3,(H,36,46)(H2,28,30,34)(H2,29,31,35);9-10,15-20,22-24,31,33H,5-8,11-12H2,1-4H3,(H,28,35)(H,38,51)(H,27,32,34)(H2,36,37,50);1H4;;;/q;;;3*+1/p-3/t16-,17-,18-,19-,20-,21-,24-,25-,45?;15-,16-,17-,18-,19-,20-,22?,23-,24-,49?;;;;/m11..../s1. The number of hydrogen-bond acceptors (Lipinski definition) is 34. The van der Waals surface area contributed by atoms with Crippen LogP contribution in [0, 0.1) is 26.7 Å². The third-order valence-corrected chi connectivity index (χ3v) is 19.5. The number of nitrogen functional groups attached to an aromatic ring is 2. The first kappa shape index (κ1) is 94.3. The summed E-state index contributed by atoms with van der Waals surface area (Å²) < 4.78 is 99.3. The number of nitrogens with two attached hydrogens (primary N) is 2. The summed E-state index contributed by atoms with van der Waals surface area (Å²) in [5, 5.41) is 23.5. The van der Waals surface area contributed by atoms with Crippen molar-refractivity contribution in [1.82, 2.24) is 38.9 Å². The van der Waals surface area contributed by atoms with Crippen molar-refractivity contribution in [3.8, 4) is 0 Å². The minimum Gasteiger partial charge on any atom is -0.780 e. The molecule has 0 bridgehead atoms. The molecule has 0 radical (unpaired) electrons. The quantitative estimate of drug-likeness (QED) is 0.0169. The first-order chi connectivity index (χ1) is 45.7. The number of nitrogens with one attached hydrogen (secondary N) is 2. The molecule has 47 heteroatoms. The number of carbonyl (C=O) groups is 1. The second-order valence-electron chi connectivity index (χ2n) is 22.6. The van der Waals surface area contributed by atoms with E-state index in [2.05, 4.69) is 32.1 Å². The molecule has 5 aliphatic heterocycles. The van der Waals surface area contributed by atoms with E-state index in [1.54, 1.807) is 34.1 Å². The van der Waals surface area contributed by atoms with E-state index in [1.165, 1.54) is 62.9 Å². The molecule has 0 aromatic carbocycles. The van der Waals surface area contributed by atoms with E-state index in [0.29, 0.717) is 23.3 Å². The Hall–Kier alpha value is -0.920. The second kappa shape index (κ2) is 42.9. The van der Waals surface area contributed by atoms with E-state index < -0.39 is 160 Å². The summed E-state index contributed by atoms with van der Waals surface area (Å²) in [5.41, 5.74) is 10.5. The molecule has 8 rings (SSSR count). The Morgan fingerprint density at radius 1 is 0.564 bits per heavy atom. The Kier molecular flexibility index (Phi) is 40.0. The Bertz CT molecular complexity index is 3600. The Morgan fingerprint density at radius 3 is 1.49 bits per heavy atom. The van der Waals surface area contributed by atoms with E-state index in [4.69, 9.17) is 115 Å². The topological polar surface area (TPSA) is 496 Å². The fourth-order valence-electron chi connectivity index (χ4n) is 10.5. The van der Waals surface area contributed by atoms with Crippen LogP contribution in [0.15, 0.2) is 49.5 Å². The molecule has 4 unspecified atom stereocenters. The molecule has 3 aromatic rings. The van der Waals surface area contributed by atoms with Crippen LogP contribution < -0.4 is 143 Å². The average Bonchev–Trinajstić information content (AvgIpc) is 1.67. The molecule has 0 aliphatic carbocycles. The SMILES string of the molecule is C.COCCO[C@@H]1[C@H](C)[C@@H](COP([O-])(=S)O[C@H]2[C@@H](OCCOC)[C@H](n3cc(C)c(N)nc3=O)O[C@@H]2C)O[C@H]1n1cc(C)c(N)nc1=O.COCCO[C@@H]1[C@H](OP([O-])(=S)OC[C@H]2O[C@@H](n3cc(C)c(=O)[nH]c3=O)[C@H](OCCOC)[C@@H]2O)[C@@H](COP([O-])(O)=S)O[C@H]1N1C=C(C)C(O)NC1=O.[Na+].[Na+].[Na+]. The number of aryl methyl sites for hydroxylation is 3. The fourth-order valence-corrected chi connectivity index (χ4v) is 14.0. The van der Waals surface area contributed by atoms with Gasteiger partial charge in [0.2, 0.25) is 0 Å². The van der Waals surface area contributed by atoms with E-state index in [-0.39, 0.29) is 172 Å². The van der Waals surface area contributed by atoms with Gasteiger partial charge in [0.1, 0.15) is 86.7 Å². The molecular weight excluding hydrogens is 1490 g/mol. The zero-order valence-corrected chi connectivity index (χ0v) is 68.5. The van der Waals surface area contributed by atoms with Crippen LogP contribution in [0.25, 0.3) is 0 Å². The van der Waals surface area contributed by atoms with Crippen LogP contribution in [-0.4, -0.2) is 235 Å². The van der Waals surface area contributed by atoms with Gasteiger partial charge in [-0.05, 0) is 40.2 Å². The van der Waals surface area contributed by atoms with Crippen molar-refractivity contribution < 1.29 is 203 Å². The van der Waals surface area contributed by atoms with E-state index in [9.17, 15) is 53.8 Å². The van der Waals surface area contributed by atoms with Crippen molar-refractivity contribution in [1.29, 1.82) is 0 Å². The number of nitrogens with zero attached hydrogens (tertiary/aromatic N) is 6. The van der Waals surface area contributed by atoms with Crippen LogP contribution in [-0.2, 0) is 115 Å². The number of hydrogen-bond donors (Lipinski definition) is 7. The van der Waals surface area contributed by atoms with Crippen molar-refractivity contribution in [2.24, 2.45) is 5.92 Å². The summed E-state index contributed by atoms with van der Waals surface area (Å²) in [6, 6.07) is -0.811. The van der Waals surface area contributed by atoms with Gasteiger partial charge in [-0.3, -0.25) is 28.4 Å². The number of anilines is 2. The molecule has 0 spiro atoms. The van der Waals surface area contributed by atoms with Gasteiger partial charge in [-0.2, -0.15) is 9.97 Å². The maximum atomic E-state index is 13.7. The monoisotopic (exact) mass is 1580 g/mol. The van der Waals surface area contributed by atoms with E-state index >= 15 is 0 Å². The van der Waals surface area contributed by atoms with Crippen LogP contribution in [0.3, 0.4) is 0 Å². The van der Waals surface area contributed by atoms with Gasteiger partial charge in [0.15, 0.2) is 31.1 Å². The zero-order valence-electron chi connectivity index (χ0n) is 57.4. The maximum absolute atomic E-state index is 13.7. The maximum Gasteiger partial charge on any atom is 1.00 e. The minimum atomic E-state index is -4.63. The van der Waals surface area contributed by atoms with Gasteiger partial charge in [-0.25, -0.2) is 19.2 Å². The van der Waals surface area contributed by atoms with Gasteiger partial charge in [0.25, 0.3) is 5.56 Å². The molecule has 0 saturated carbocycles. The van der Waals surface area contributed by atoms with Gasteiger partial charge in [0.05, 0.1) is 84.9 Å². The largest absolute Gasteiger partial charge is 1.00 e. The van der Waals surface area contributed by atoms with Crippen LogP contribution >= 0.6 is 20.2 Å². The Labute approximate surface area is 663 Å². The molecule has 5 aliphatic rings. The Balaban J connectivity index is 0.000000508. The number of aliphatic hydroxyl groups excluding tert-OH is 2. The van der Waals surface area contributed by atoms with Crippen LogP contribution in [0.4, 0.5) is 16.4 Å². The summed E-state index contributed by atoms with van der Waals surface area (Å²) in [6.07, 6.45) is -12.4. The average molecular weight is 1580 g/mol. The number of rotatable bonds is 33. The zero-order chi connectivity index (χ0) is 71.4. The number of methoxy groups -OCH3 is 4. The number of carbonyl (C=O) groups excluding carboxylic acids is 1. The summed E-state index contributed by atoms with van der Waals surface area (Å²) in [4.78, 5) is 123. The molecule has 2 amide bonds. The third-order valence-electron chi connectivity index (χ3n) is 15.7. The van der Waals surface area contributed by atoms with E-state index in [0.717, 1.165) is 9.47 Å². The van der Waals surface area contributed by atoms with Crippen molar-refractivity contribution in [2.45, 2.75) is 147 Å². The number of urea groups is 1. The molecule has 556 valence electrons. The summed E-state index contributed by atoms with van der Waals surface area (Å²) in [5.74, 6) is -0.152. The predicted octanol–water partition coefficient (Wildman–Crippen LogP) is -11.9.